The number of halogens is 2. The Hall–Kier alpha value is -2.36. The number of aromatic carboxylic acids is 1. The molecule has 120 valence electrons. The van der Waals surface area contributed by atoms with Crippen molar-refractivity contribution in [2.45, 2.75) is 6.42 Å². The molecule has 0 aliphatic rings. The summed E-state index contributed by atoms with van der Waals surface area (Å²) in [4.78, 5) is 15.8. The molecule has 1 heterocycles. The molecule has 0 aliphatic heterocycles. The topological polar surface area (TPSA) is 50.2 Å². The van der Waals surface area contributed by atoms with Crippen LogP contribution in [0.15, 0.2) is 60.8 Å². The van der Waals surface area contributed by atoms with Crippen LogP contribution in [0.1, 0.15) is 21.5 Å². The zero-order valence-corrected chi connectivity index (χ0v) is 14.1. The van der Waals surface area contributed by atoms with E-state index in [0.717, 1.165) is 16.8 Å². The molecular formula is C19H13Cl2NO2. The Morgan fingerprint density at radius 1 is 1.04 bits per heavy atom. The first-order valence-electron chi connectivity index (χ1n) is 7.26. The monoisotopic (exact) mass is 357 g/mol. The molecule has 0 radical (unpaired) electrons. The van der Waals surface area contributed by atoms with Crippen LogP contribution >= 0.6 is 23.2 Å². The van der Waals surface area contributed by atoms with Crippen molar-refractivity contribution in [3.05, 3.63) is 87.5 Å². The lowest BCUT2D eigenvalue weighted by molar-refractivity contribution is 0.0696. The van der Waals surface area contributed by atoms with Crippen LogP contribution in [0, 0.1) is 0 Å². The van der Waals surface area contributed by atoms with Gasteiger partial charge in [0.25, 0.3) is 0 Å². The van der Waals surface area contributed by atoms with E-state index in [2.05, 4.69) is 4.98 Å². The summed E-state index contributed by atoms with van der Waals surface area (Å²) >= 11 is 12.1. The number of benzene rings is 2. The molecule has 0 amide bonds. The molecule has 3 aromatic rings. The summed E-state index contributed by atoms with van der Waals surface area (Å²) in [6, 6.07) is 16.2. The minimum Gasteiger partial charge on any atom is -0.478 e. The molecule has 1 N–H and O–H groups in total. The van der Waals surface area contributed by atoms with Gasteiger partial charge in [0, 0.05) is 21.8 Å². The summed E-state index contributed by atoms with van der Waals surface area (Å²) in [6.45, 7) is 0. The van der Waals surface area contributed by atoms with Crippen molar-refractivity contribution in [2.24, 2.45) is 0 Å². The van der Waals surface area contributed by atoms with Crippen LogP contribution in [-0.4, -0.2) is 16.1 Å². The van der Waals surface area contributed by atoms with Crippen LogP contribution < -0.4 is 0 Å². The number of carbonyl (C=O) groups is 1. The first kappa shape index (κ1) is 16.5. The number of hydrogen-bond acceptors (Lipinski definition) is 2. The molecule has 24 heavy (non-hydrogen) atoms. The van der Waals surface area contributed by atoms with Crippen molar-refractivity contribution in [1.82, 2.24) is 4.98 Å². The molecule has 3 rings (SSSR count). The Kier molecular flexibility index (Phi) is 4.84. The van der Waals surface area contributed by atoms with Gasteiger partial charge in [-0.05, 0) is 41.8 Å². The van der Waals surface area contributed by atoms with E-state index in [1.807, 2.05) is 36.4 Å². The van der Waals surface area contributed by atoms with Crippen LogP contribution in [-0.2, 0) is 6.42 Å². The first-order chi connectivity index (χ1) is 11.5. The fraction of sp³-hybridized carbons (Fsp3) is 0.0526. The maximum Gasteiger partial charge on any atom is 0.336 e. The highest BCUT2D eigenvalue weighted by atomic mass is 35.5. The second kappa shape index (κ2) is 7.04. The van der Waals surface area contributed by atoms with E-state index < -0.39 is 5.97 Å². The van der Waals surface area contributed by atoms with Crippen molar-refractivity contribution in [3.63, 3.8) is 0 Å². The Morgan fingerprint density at radius 3 is 2.50 bits per heavy atom. The maximum atomic E-state index is 11.4. The Balaban J connectivity index is 1.88. The predicted molar refractivity (Wildman–Crippen MR) is 95.9 cm³/mol. The average molecular weight is 358 g/mol. The van der Waals surface area contributed by atoms with Gasteiger partial charge in [-0.2, -0.15) is 0 Å². The van der Waals surface area contributed by atoms with Crippen LogP contribution in [0.4, 0.5) is 0 Å². The molecular weight excluding hydrogens is 345 g/mol. The molecule has 0 aliphatic carbocycles. The number of nitrogens with zero attached hydrogens (tertiary/aromatic N) is 1. The normalized spacial score (nSPS) is 10.6. The largest absolute Gasteiger partial charge is 0.478 e. The van der Waals surface area contributed by atoms with E-state index in [1.54, 1.807) is 18.3 Å². The second-order valence-corrected chi connectivity index (χ2v) is 6.16. The fourth-order valence-electron chi connectivity index (χ4n) is 2.48. The third-order valence-electron chi connectivity index (χ3n) is 3.67. The maximum absolute atomic E-state index is 11.4. The van der Waals surface area contributed by atoms with Crippen LogP contribution in [0.25, 0.3) is 11.3 Å². The Morgan fingerprint density at radius 2 is 1.83 bits per heavy atom. The van der Waals surface area contributed by atoms with Crippen molar-refractivity contribution < 1.29 is 9.90 Å². The summed E-state index contributed by atoms with van der Waals surface area (Å²) in [6.07, 6.45) is 2.20. The number of pyridine rings is 1. The van der Waals surface area contributed by atoms with Crippen LogP contribution in [0.3, 0.4) is 0 Å². The van der Waals surface area contributed by atoms with Gasteiger partial charge < -0.3 is 5.11 Å². The Labute approximate surface area is 149 Å². The van der Waals surface area contributed by atoms with Crippen LogP contribution in [0.2, 0.25) is 10.0 Å². The van der Waals surface area contributed by atoms with E-state index in [1.165, 1.54) is 6.07 Å². The van der Waals surface area contributed by atoms with Gasteiger partial charge in [0.15, 0.2) is 0 Å². The summed E-state index contributed by atoms with van der Waals surface area (Å²) in [5, 5.41) is 10.4. The molecule has 0 fully saturated rings. The Bertz CT molecular complexity index is 892. The van der Waals surface area contributed by atoms with Gasteiger partial charge >= 0.3 is 5.97 Å². The lowest BCUT2D eigenvalue weighted by atomic mass is 10.0. The molecule has 0 spiro atoms. The standard InChI is InChI=1S/C19H13Cl2NO2/c20-14-7-6-13(16(10-14)19(23)24)9-12-5-8-18(22-11-12)15-3-1-2-4-17(15)21/h1-8,10-11H,9H2,(H,23,24). The minimum atomic E-state index is -0.992. The fourth-order valence-corrected chi connectivity index (χ4v) is 2.88. The van der Waals surface area contributed by atoms with E-state index in [0.29, 0.717) is 22.0 Å². The number of hydrogen-bond donors (Lipinski definition) is 1. The molecule has 3 nitrogen and oxygen atoms in total. The number of carboxylic acid groups (broad SMARTS) is 1. The van der Waals surface area contributed by atoms with Gasteiger partial charge in [0.1, 0.15) is 0 Å². The van der Waals surface area contributed by atoms with E-state index in [-0.39, 0.29) is 5.56 Å². The van der Waals surface area contributed by atoms with Crippen molar-refractivity contribution >= 4 is 29.2 Å². The lowest BCUT2D eigenvalue weighted by Crippen LogP contribution is -2.03. The molecule has 0 unspecified atom stereocenters. The highest BCUT2D eigenvalue weighted by molar-refractivity contribution is 6.33. The number of carboxylic acids is 1. The highest BCUT2D eigenvalue weighted by Gasteiger charge is 2.12. The van der Waals surface area contributed by atoms with E-state index >= 15 is 0 Å². The molecule has 0 saturated heterocycles. The number of rotatable bonds is 4. The average Bonchev–Trinajstić information content (AvgIpc) is 2.57. The SMILES string of the molecule is O=C(O)c1cc(Cl)ccc1Cc1ccc(-c2ccccc2Cl)nc1. The smallest absolute Gasteiger partial charge is 0.336 e. The molecule has 2 aromatic carbocycles. The third-order valence-corrected chi connectivity index (χ3v) is 4.24. The van der Waals surface area contributed by atoms with Gasteiger partial charge in [-0.25, -0.2) is 4.79 Å². The van der Waals surface area contributed by atoms with E-state index in [9.17, 15) is 9.90 Å². The molecule has 0 atom stereocenters. The van der Waals surface area contributed by atoms with Gasteiger partial charge in [-0.3, -0.25) is 4.98 Å². The second-order valence-electron chi connectivity index (χ2n) is 5.31. The minimum absolute atomic E-state index is 0.206. The molecule has 0 saturated carbocycles. The summed E-state index contributed by atoms with van der Waals surface area (Å²) in [7, 11) is 0. The number of aromatic nitrogens is 1. The van der Waals surface area contributed by atoms with Gasteiger partial charge in [0.05, 0.1) is 11.3 Å². The van der Waals surface area contributed by atoms with Crippen molar-refractivity contribution in [1.29, 1.82) is 0 Å². The predicted octanol–water partition coefficient (Wildman–Crippen LogP) is 5.34. The molecule has 1 aromatic heterocycles. The van der Waals surface area contributed by atoms with Crippen molar-refractivity contribution in [2.75, 3.05) is 0 Å². The molecule has 0 bridgehead atoms. The zero-order chi connectivity index (χ0) is 17.1. The first-order valence-corrected chi connectivity index (χ1v) is 8.02. The quantitative estimate of drug-likeness (QED) is 0.684. The highest BCUT2D eigenvalue weighted by Crippen LogP contribution is 2.26. The summed E-state index contributed by atoms with van der Waals surface area (Å²) in [5.41, 5.74) is 3.45. The van der Waals surface area contributed by atoms with Gasteiger partial charge in [-0.15, -0.1) is 0 Å². The van der Waals surface area contributed by atoms with Crippen molar-refractivity contribution in [3.8, 4) is 11.3 Å². The zero-order valence-electron chi connectivity index (χ0n) is 12.5. The molecule has 5 heteroatoms. The van der Waals surface area contributed by atoms with Gasteiger partial charge in [0.2, 0.25) is 0 Å². The summed E-state index contributed by atoms with van der Waals surface area (Å²) in [5.74, 6) is -0.992. The third kappa shape index (κ3) is 3.58. The van der Waals surface area contributed by atoms with E-state index in [4.69, 9.17) is 23.2 Å². The van der Waals surface area contributed by atoms with Gasteiger partial charge in [-0.1, -0.05) is 53.5 Å². The van der Waals surface area contributed by atoms with Crippen LogP contribution in [0.5, 0.6) is 0 Å². The lowest BCUT2D eigenvalue weighted by Gasteiger charge is -2.08. The summed E-state index contributed by atoms with van der Waals surface area (Å²) < 4.78 is 0.